The predicted molar refractivity (Wildman–Crippen MR) is 75.8 cm³/mol. The highest BCUT2D eigenvalue weighted by atomic mass is 19.4. The van der Waals surface area contributed by atoms with Crippen LogP contribution in [-0.2, 0) is 6.54 Å². The minimum atomic E-state index is -4.04. The smallest absolute Gasteiger partial charge is 0.334 e. The predicted octanol–water partition coefficient (Wildman–Crippen LogP) is 3.92. The molecule has 1 aliphatic rings. The first-order valence-electron chi connectivity index (χ1n) is 7.72. The van der Waals surface area contributed by atoms with Gasteiger partial charge in [-0.2, -0.15) is 13.2 Å². The first-order valence-corrected chi connectivity index (χ1v) is 7.72. The molecule has 0 radical (unpaired) electrons. The molecule has 1 aromatic heterocycles. The van der Waals surface area contributed by atoms with E-state index in [1.54, 1.807) is 6.20 Å². The Morgan fingerprint density at radius 3 is 2.52 bits per heavy atom. The van der Waals surface area contributed by atoms with Crippen LogP contribution in [0.25, 0.3) is 0 Å². The minimum absolute atomic E-state index is 0.0423. The van der Waals surface area contributed by atoms with Crippen molar-refractivity contribution in [3.8, 4) is 0 Å². The van der Waals surface area contributed by atoms with E-state index in [1.807, 2.05) is 13.2 Å². The average molecular weight is 303 g/mol. The van der Waals surface area contributed by atoms with E-state index in [9.17, 15) is 13.2 Å². The number of hydrogen-bond donors (Lipinski definition) is 1. The molecule has 0 aromatic carbocycles. The largest absolute Gasteiger partial charge is 0.391 e. The fourth-order valence-electron chi connectivity index (χ4n) is 3.39. The molecule has 0 spiro atoms. The maximum Gasteiger partial charge on any atom is 0.391 e. The van der Waals surface area contributed by atoms with Gasteiger partial charge in [0.05, 0.1) is 12.0 Å². The van der Waals surface area contributed by atoms with Crippen molar-refractivity contribution in [1.29, 1.82) is 0 Å². The van der Waals surface area contributed by atoms with Crippen LogP contribution in [0.2, 0.25) is 0 Å². The number of nitrogens with zero attached hydrogens (tertiary/aromatic N) is 2. The van der Waals surface area contributed by atoms with Crippen LogP contribution in [0.3, 0.4) is 0 Å². The molecule has 1 N–H and O–H groups in total. The summed E-state index contributed by atoms with van der Waals surface area (Å²) in [5.74, 6) is 0.0584. The molecule has 3 nitrogen and oxygen atoms in total. The maximum atomic E-state index is 12.8. The Hall–Kier alpha value is -1.04. The summed E-state index contributed by atoms with van der Waals surface area (Å²) < 4.78 is 40.4. The van der Waals surface area contributed by atoms with Gasteiger partial charge in [-0.05, 0) is 45.1 Å². The SMILES string of the molecule is CCCn1ccnc1C(NC)C1CCC(C(F)(F)F)CC1. The molecule has 21 heavy (non-hydrogen) atoms. The number of halogens is 3. The van der Waals surface area contributed by atoms with Gasteiger partial charge in [-0.15, -0.1) is 0 Å². The molecule has 1 aromatic rings. The van der Waals surface area contributed by atoms with Crippen LogP contribution < -0.4 is 5.32 Å². The molecule has 2 rings (SSSR count). The van der Waals surface area contributed by atoms with Crippen molar-refractivity contribution in [2.45, 2.75) is 57.8 Å². The molecule has 0 aliphatic heterocycles. The van der Waals surface area contributed by atoms with Crippen LogP contribution in [0.5, 0.6) is 0 Å². The lowest BCUT2D eigenvalue weighted by atomic mass is 9.78. The van der Waals surface area contributed by atoms with Gasteiger partial charge < -0.3 is 9.88 Å². The standard InChI is InChI=1S/C15H24F3N3/c1-3-9-21-10-8-20-14(21)13(19-2)11-4-6-12(7-5-11)15(16,17)18/h8,10-13,19H,3-7,9H2,1-2H3. The topological polar surface area (TPSA) is 29.9 Å². The normalized spacial score (nSPS) is 25.0. The molecule has 1 fully saturated rings. The Morgan fingerprint density at radius 1 is 1.33 bits per heavy atom. The van der Waals surface area contributed by atoms with E-state index in [0.29, 0.717) is 12.8 Å². The van der Waals surface area contributed by atoms with Gasteiger partial charge in [0.1, 0.15) is 5.82 Å². The van der Waals surface area contributed by atoms with Crippen LogP contribution in [0.4, 0.5) is 13.2 Å². The van der Waals surface area contributed by atoms with Crippen molar-refractivity contribution >= 4 is 0 Å². The van der Waals surface area contributed by atoms with E-state index < -0.39 is 12.1 Å². The molecule has 0 saturated heterocycles. The third kappa shape index (κ3) is 3.78. The Kier molecular flexibility index (Phi) is 5.30. The molecule has 120 valence electrons. The van der Waals surface area contributed by atoms with E-state index in [4.69, 9.17) is 0 Å². The summed E-state index contributed by atoms with van der Waals surface area (Å²) in [4.78, 5) is 4.43. The minimum Gasteiger partial charge on any atom is -0.334 e. The molecule has 1 unspecified atom stereocenters. The van der Waals surface area contributed by atoms with Gasteiger partial charge in [0.25, 0.3) is 0 Å². The van der Waals surface area contributed by atoms with Crippen molar-refractivity contribution in [3.63, 3.8) is 0 Å². The molecule has 1 heterocycles. The molecular weight excluding hydrogens is 279 g/mol. The molecule has 1 saturated carbocycles. The van der Waals surface area contributed by atoms with E-state index in [1.165, 1.54) is 0 Å². The third-order valence-corrected chi connectivity index (χ3v) is 4.51. The highest BCUT2D eigenvalue weighted by molar-refractivity contribution is 5.02. The number of aryl methyl sites for hydroxylation is 1. The fourth-order valence-corrected chi connectivity index (χ4v) is 3.39. The number of hydrogen-bond acceptors (Lipinski definition) is 2. The van der Waals surface area contributed by atoms with Crippen LogP contribution in [0, 0.1) is 11.8 Å². The lowest BCUT2D eigenvalue weighted by molar-refractivity contribution is -0.184. The van der Waals surface area contributed by atoms with Crippen LogP contribution in [0.15, 0.2) is 12.4 Å². The Bertz CT molecular complexity index is 434. The first kappa shape index (κ1) is 16.3. The summed E-state index contributed by atoms with van der Waals surface area (Å²) in [6, 6.07) is 0.0423. The van der Waals surface area contributed by atoms with Gasteiger partial charge in [-0.1, -0.05) is 6.92 Å². The van der Waals surface area contributed by atoms with Gasteiger partial charge in [-0.25, -0.2) is 4.98 Å². The van der Waals surface area contributed by atoms with E-state index in [0.717, 1.165) is 18.8 Å². The lowest BCUT2D eigenvalue weighted by Gasteiger charge is -2.34. The summed E-state index contributed by atoms with van der Waals surface area (Å²) in [6.45, 7) is 3.00. The number of rotatable bonds is 5. The lowest BCUT2D eigenvalue weighted by Crippen LogP contribution is -2.34. The second-order valence-electron chi connectivity index (χ2n) is 5.90. The fraction of sp³-hybridized carbons (Fsp3) is 0.800. The van der Waals surface area contributed by atoms with Gasteiger partial charge in [0.2, 0.25) is 0 Å². The van der Waals surface area contributed by atoms with Crippen molar-refractivity contribution in [2.75, 3.05) is 7.05 Å². The van der Waals surface area contributed by atoms with Crippen LogP contribution in [-0.4, -0.2) is 22.8 Å². The van der Waals surface area contributed by atoms with Crippen molar-refractivity contribution in [3.05, 3.63) is 18.2 Å². The molecule has 1 atom stereocenters. The zero-order valence-corrected chi connectivity index (χ0v) is 12.7. The van der Waals surface area contributed by atoms with Crippen molar-refractivity contribution in [1.82, 2.24) is 14.9 Å². The Morgan fingerprint density at radius 2 is 2.00 bits per heavy atom. The number of nitrogens with one attached hydrogen (secondary N) is 1. The number of alkyl halides is 3. The van der Waals surface area contributed by atoms with E-state index in [2.05, 4.69) is 21.8 Å². The van der Waals surface area contributed by atoms with Gasteiger partial charge in [0, 0.05) is 18.9 Å². The number of imidazole rings is 1. The van der Waals surface area contributed by atoms with E-state index in [-0.39, 0.29) is 24.8 Å². The maximum absolute atomic E-state index is 12.8. The first-order chi connectivity index (χ1) is 9.97. The molecule has 0 amide bonds. The third-order valence-electron chi connectivity index (χ3n) is 4.51. The highest BCUT2D eigenvalue weighted by Crippen LogP contribution is 2.42. The second kappa shape index (κ2) is 6.81. The van der Waals surface area contributed by atoms with Crippen molar-refractivity contribution < 1.29 is 13.2 Å². The summed E-state index contributed by atoms with van der Waals surface area (Å²) in [5, 5.41) is 3.26. The van der Waals surface area contributed by atoms with Crippen LogP contribution >= 0.6 is 0 Å². The summed E-state index contributed by atoms with van der Waals surface area (Å²) >= 11 is 0. The van der Waals surface area contributed by atoms with Gasteiger partial charge in [-0.3, -0.25) is 0 Å². The monoisotopic (exact) mass is 303 g/mol. The van der Waals surface area contributed by atoms with Crippen molar-refractivity contribution in [2.24, 2.45) is 11.8 Å². The highest BCUT2D eigenvalue weighted by Gasteiger charge is 2.42. The number of aromatic nitrogens is 2. The molecule has 6 heteroatoms. The average Bonchev–Trinajstić information content (AvgIpc) is 2.88. The van der Waals surface area contributed by atoms with Crippen LogP contribution in [0.1, 0.15) is 50.9 Å². The summed E-state index contributed by atoms with van der Waals surface area (Å²) in [7, 11) is 1.87. The van der Waals surface area contributed by atoms with E-state index >= 15 is 0 Å². The summed E-state index contributed by atoms with van der Waals surface area (Å²) in [6.07, 6.45) is 2.38. The van der Waals surface area contributed by atoms with Gasteiger partial charge in [0.15, 0.2) is 0 Å². The second-order valence-corrected chi connectivity index (χ2v) is 5.90. The summed E-state index contributed by atoms with van der Waals surface area (Å²) in [5.41, 5.74) is 0. The molecule has 1 aliphatic carbocycles. The quantitative estimate of drug-likeness (QED) is 0.893. The van der Waals surface area contributed by atoms with Gasteiger partial charge >= 0.3 is 6.18 Å². The Labute approximate surface area is 123 Å². The Balaban J connectivity index is 2.04. The zero-order chi connectivity index (χ0) is 15.5. The molecular formula is C15H24F3N3. The molecule has 0 bridgehead atoms. The zero-order valence-electron chi connectivity index (χ0n) is 12.7.